The smallest absolute Gasteiger partial charge is 0.295 e. The number of amides is 1. The van der Waals surface area contributed by atoms with Gasteiger partial charge in [0.05, 0.1) is 11.6 Å². The van der Waals surface area contributed by atoms with Gasteiger partial charge in [-0.1, -0.05) is 86.1 Å². The summed E-state index contributed by atoms with van der Waals surface area (Å²) in [6.45, 7) is 9.72. The van der Waals surface area contributed by atoms with Gasteiger partial charge < -0.3 is 19.6 Å². The Kier molecular flexibility index (Phi) is 8.98. The topological polar surface area (TPSA) is 70.1 Å². The fraction of sp³-hybridized carbons (Fsp3) is 0.312. The summed E-state index contributed by atoms with van der Waals surface area (Å²) in [7, 11) is 0. The molecule has 1 unspecified atom stereocenters. The van der Waals surface area contributed by atoms with E-state index in [-0.39, 0.29) is 11.3 Å². The second-order valence-corrected chi connectivity index (χ2v) is 9.58. The van der Waals surface area contributed by atoms with Gasteiger partial charge in [-0.3, -0.25) is 9.59 Å². The molecule has 6 nitrogen and oxygen atoms in total. The van der Waals surface area contributed by atoms with Crippen molar-refractivity contribution in [2.24, 2.45) is 0 Å². The van der Waals surface area contributed by atoms with E-state index in [1.807, 2.05) is 73.7 Å². The highest BCUT2D eigenvalue weighted by atomic mass is 16.5. The van der Waals surface area contributed by atoms with Crippen molar-refractivity contribution in [3.63, 3.8) is 0 Å². The van der Waals surface area contributed by atoms with Crippen LogP contribution in [-0.4, -0.2) is 52.8 Å². The van der Waals surface area contributed by atoms with Crippen LogP contribution in [0.1, 0.15) is 48.6 Å². The van der Waals surface area contributed by atoms with E-state index in [2.05, 4.69) is 18.7 Å². The predicted molar refractivity (Wildman–Crippen MR) is 150 cm³/mol. The molecule has 1 amide bonds. The standard InChI is InChI=1S/C32H36N2O4/c1-4-33(5-2)20-9-21-34-29(25-16-18-27(19-17-25)38-22-24-10-7-6-8-11-24)28(31(36)32(34)37)30(35)26-14-12-23(3)13-15-26/h6-8,10-19,29,35H,4-5,9,20-22H2,1-3H3/b30-28+. The minimum absolute atomic E-state index is 0.125. The normalized spacial score (nSPS) is 16.8. The van der Waals surface area contributed by atoms with Gasteiger partial charge in [-0.25, -0.2) is 0 Å². The number of rotatable bonds is 11. The van der Waals surface area contributed by atoms with Crippen LogP contribution < -0.4 is 4.74 Å². The molecular weight excluding hydrogens is 476 g/mol. The molecule has 3 aromatic rings. The molecule has 1 aliphatic rings. The number of hydrogen-bond donors (Lipinski definition) is 1. The van der Waals surface area contributed by atoms with Crippen LogP contribution in [0, 0.1) is 6.92 Å². The lowest BCUT2D eigenvalue weighted by Crippen LogP contribution is -2.33. The highest BCUT2D eigenvalue weighted by Gasteiger charge is 2.45. The largest absolute Gasteiger partial charge is 0.507 e. The Balaban J connectivity index is 1.64. The van der Waals surface area contributed by atoms with Crippen molar-refractivity contribution in [2.45, 2.75) is 39.8 Å². The zero-order valence-electron chi connectivity index (χ0n) is 22.4. The van der Waals surface area contributed by atoms with E-state index in [0.717, 1.165) is 42.7 Å². The summed E-state index contributed by atoms with van der Waals surface area (Å²) in [5, 5.41) is 11.3. The fourth-order valence-electron chi connectivity index (χ4n) is 4.82. The first-order valence-electron chi connectivity index (χ1n) is 13.3. The zero-order valence-corrected chi connectivity index (χ0v) is 22.4. The van der Waals surface area contributed by atoms with Crippen molar-refractivity contribution in [1.29, 1.82) is 0 Å². The molecule has 0 aliphatic carbocycles. The van der Waals surface area contributed by atoms with E-state index in [0.29, 0.717) is 24.5 Å². The average Bonchev–Trinajstić information content (AvgIpc) is 3.20. The number of nitrogens with zero attached hydrogens (tertiary/aromatic N) is 2. The number of aliphatic hydroxyl groups excluding tert-OH is 1. The fourth-order valence-corrected chi connectivity index (χ4v) is 4.82. The maximum Gasteiger partial charge on any atom is 0.295 e. The maximum absolute atomic E-state index is 13.3. The molecule has 4 rings (SSSR count). The Morgan fingerprint density at radius 3 is 2.21 bits per heavy atom. The summed E-state index contributed by atoms with van der Waals surface area (Å²) in [5.41, 5.74) is 3.51. The van der Waals surface area contributed by atoms with Crippen molar-refractivity contribution < 1.29 is 19.4 Å². The van der Waals surface area contributed by atoms with E-state index in [4.69, 9.17) is 4.74 Å². The Bertz CT molecular complexity index is 1260. The van der Waals surface area contributed by atoms with Gasteiger partial charge >= 0.3 is 0 Å². The Labute approximate surface area is 225 Å². The molecule has 1 aliphatic heterocycles. The van der Waals surface area contributed by atoms with Gasteiger partial charge in [0.25, 0.3) is 11.7 Å². The lowest BCUT2D eigenvalue weighted by atomic mass is 9.95. The van der Waals surface area contributed by atoms with Gasteiger partial charge in [0.1, 0.15) is 18.1 Å². The van der Waals surface area contributed by atoms with Gasteiger partial charge in [-0.2, -0.15) is 0 Å². The molecule has 38 heavy (non-hydrogen) atoms. The monoisotopic (exact) mass is 512 g/mol. The third-order valence-electron chi connectivity index (χ3n) is 7.08. The first-order chi connectivity index (χ1) is 18.4. The molecule has 3 aromatic carbocycles. The molecule has 0 bridgehead atoms. The number of carbonyl (C=O) groups excluding carboxylic acids is 2. The molecular formula is C32H36N2O4. The van der Waals surface area contributed by atoms with Gasteiger partial charge in [-0.05, 0) is 56.2 Å². The highest BCUT2D eigenvalue weighted by molar-refractivity contribution is 6.46. The zero-order chi connectivity index (χ0) is 27.1. The number of aryl methyl sites for hydroxylation is 1. The number of ether oxygens (including phenoxy) is 1. The molecule has 1 fully saturated rings. The minimum atomic E-state index is -0.670. The summed E-state index contributed by atoms with van der Waals surface area (Å²) in [6.07, 6.45) is 0.730. The maximum atomic E-state index is 13.3. The molecule has 198 valence electrons. The number of Topliss-reactive ketones (excluding diaryl/α,β-unsaturated/α-hetero) is 1. The van der Waals surface area contributed by atoms with Crippen molar-refractivity contribution in [1.82, 2.24) is 9.80 Å². The summed E-state index contributed by atoms with van der Waals surface area (Å²) in [5.74, 6) is -0.688. The van der Waals surface area contributed by atoms with E-state index >= 15 is 0 Å². The first-order valence-corrected chi connectivity index (χ1v) is 13.3. The third kappa shape index (κ3) is 6.14. The Hall–Kier alpha value is -3.90. The molecule has 1 atom stereocenters. The summed E-state index contributed by atoms with van der Waals surface area (Å²) >= 11 is 0. The van der Waals surface area contributed by atoms with Crippen LogP contribution in [0.4, 0.5) is 0 Å². The van der Waals surface area contributed by atoms with Crippen LogP contribution in [0.2, 0.25) is 0 Å². The number of likely N-dealkylation sites (tertiary alicyclic amines) is 1. The van der Waals surface area contributed by atoms with Gasteiger partial charge in [0.2, 0.25) is 0 Å². The number of ketones is 1. The molecule has 1 N–H and O–H groups in total. The van der Waals surface area contributed by atoms with Gasteiger partial charge in [0.15, 0.2) is 0 Å². The molecule has 0 radical (unpaired) electrons. The van der Waals surface area contributed by atoms with Gasteiger partial charge in [-0.15, -0.1) is 0 Å². The Morgan fingerprint density at radius 2 is 1.58 bits per heavy atom. The average molecular weight is 513 g/mol. The summed E-state index contributed by atoms with van der Waals surface area (Å²) < 4.78 is 5.94. The van der Waals surface area contributed by atoms with E-state index in [9.17, 15) is 14.7 Å². The van der Waals surface area contributed by atoms with Crippen LogP contribution in [-0.2, 0) is 16.2 Å². The third-order valence-corrected chi connectivity index (χ3v) is 7.08. The lowest BCUT2D eigenvalue weighted by Gasteiger charge is -2.27. The van der Waals surface area contributed by atoms with Crippen LogP contribution in [0.15, 0.2) is 84.4 Å². The van der Waals surface area contributed by atoms with Crippen molar-refractivity contribution in [2.75, 3.05) is 26.2 Å². The van der Waals surface area contributed by atoms with Crippen molar-refractivity contribution in [3.05, 3.63) is 107 Å². The van der Waals surface area contributed by atoms with E-state index in [1.165, 1.54) is 0 Å². The highest BCUT2D eigenvalue weighted by Crippen LogP contribution is 2.40. The molecule has 0 saturated carbocycles. The van der Waals surface area contributed by atoms with Crippen LogP contribution in [0.25, 0.3) is 5.76 Å². The molecule has 0 aromatic heterocycles. The van der Waals surface area contributed by atoms with E-state index < -0.39 is 17.7 Å². The molecule has 1 heterocycles. The summed E-state index contributed by atoms with van der Waals surface area (Å²) in [4.78, 5) is 30.4. The van der Waals surface area contributed by atoms with Crippen LogP contribution >= 0.6 is 0 Å². The summed E-state index contributed by atoms with van der Waals surface area (Å²) in [6, 6.07) is 24.0. The SMILES string of the molecule is CCN(CC)CCCN1C(=O)C(=O)/C(=C(/O)c2ccc(C)cc2)C1c1ccc(OCc2ccccc2)cc1. The molecule has 6 heteroatoms. The predicted octanol–water partition coefficient (Wildman–Crippen LogP) is 5.73. The van der Waals surface area contributed by atoms with Gasteiger partial charge in [0, 0.05) is 12.1 Å². The molecule has 0 spiro atoms. The quantitative estimate of drug-likeness (QED) is 0.202. The first kappa shape index (κ1) is 27.1. The van der Waals surface area contributed by atoms with Crippen LogP contribution in [0.3, 0.4) is 0 Å². The van der Waals surface area contributed by atoms with Crippen LogP contribution in [0.5, 0.6) is 5.75 Å². The second-order valence-electron chi connectivity index (χ2n) is 9.58. The minimum Gasteiger partial charge on any atom is -0.507 e. The number of carbonyl (C=O) groups is 2. The number of hydrogen-bond acceptors (Lipinski definition) is 5. The van der Waals surface area contributed by atoms with Crippen molar-refractivity contribution >= 4 is 17.4 Å². The van der Waals surface area contributed by atoms with E-state index in [1.54, 1.807) is 17.0 Å². The van der Waals surface area contributed by atoms with Crippen molar-refractivity contribution in [3.8, 4) is 5.75 Å². The second kappa shape index (κ2) is 12.6. The Morgan fingerprint density at radius 1 is 0.921 bits per heavy atom. The number of aliphatic hydroxyl groups is 1. The number of benzene rings is 3. The lowest BCUT2D eigenvalue weighted by molar-refractivity contribution is -0.140. The molecule has 1 saturated heterocycles.